The summed E-state index contributed by atoms with van der Waals surface area (Å²) in [5, 5.41) is 4.48. The molecule has 1 aliphatic carbocycles. The molecular weight excluding hydrogens is 433 g/mol. The smallest absolute Gasteiger partial charge is 0.124 e. The predicted molar refractivity (Wildman–Crippen MR) is 116 cm³/mol. The number of nitrogens with one attached hydrogen (secondary N) is 1. The van der Waals surface area contributed by atoms with Gasteiger partial charge >= 0.3 is 0 Å². The fraction of sp³-hybridized carbons (Fsp3) is 0.429. The highest BCUT2D eigenvalue weighted by Gasteiger charge is 2.13. The normalized spacial score (nSPS) is 15.2. The molecule has 0 aromatic heterocycles. The second-order valence-corrected chi connectivity index (χ2v) is 8.02. The van der Waals surface area contributed by atoms with Crippen LogP contribution in [-0.2, 0) is 13.2 Å². The van der Waals surface area contributed by atoms with E-state index in [2.05, 4.69) is 27.3 Å². The maximum absolute atomic E-state index is 6.23. The fourth-order valence-electron chi connectivity index (χ4n) is 3.34. The summed E-state index contributed by atoms with van der Waals surface area (Å²) in [6, 6.07) is 14.7. The first-order valence-electron chi connectivity index (χ1n) is 9.10. The first kappa shape index (κ1) is 21.6. The van der Waals surface area contributed by atoms with Crippen molar-refractivity contribution in [1.82, 2.24) is 5.32 Å². The quantitative estimate of drug-likeness (QED) is 0.474. The molecule has 1 N–H and O–H groups in total. The Labute approximate surface area is 176 Å². The first-order chi connectivity index (χ1) is 12.2. The molecule has 0 saturated heterocycles. The van der Waals surface area contributed by atoms with Gasteiger partial charge < -0.3 is 10.1 Å². The Morgan fingerprint density at radius 2 is 1.73 bits per heavy atom. The van der Waals surface area contributed by atoms with Crippen molar-refractivity contribution < 1.29 is 4.74 Å². The maximum Gasteiger partial charge on any atom is 0.124 e. The van der Waals surface area contributed by atoms with Crippen LogP contribution in [0, 0.1) is 0 Å². The Morgan fingerprint density at radius 1 is 1.00 bits per heavy atom. The lowest BCUT2D eigenvalue weighted by atomic mass is 10.1. The van der Waals surface area contributed by atoms with E-state index < -0.39 is 0 Å². The third kappa shape index (κ3) is 6.45. The molecule has 142 valence electrons. The summed E-state index contributed by atoms with van der Waals surface area (Å²) in [6.07, 6.45) is 7.99. The Bertz CT molecular complexity index is 687. The number of benzene rings is 2. The van der Waals surface area contributed by atoms with E-state index in [1.807, 2.05) is 36.4 Å². The highest BCUT2D eigenvalue weighted by molar-refractivity contribution is 9.10. The van der Waals surface area contributed by atoms with Crippen molar-refractivity contribution in [3.05, 3.63) is 63.1 Å². The van der Waals surface area contributed by atoms with Gasteiger partial charge in [-0.2, -0.15) is 0 Å². The van der Waals surface area contributed by atoms with Gasteiger partial charge in [0, 0.05) is 33.2 Å². The summed E-state index contributed by atoms with van der Waals surface area (Å²) >= 11 is 9.81. The van der Waals surface area contributed by atoms with E-state index in [-0.39, 0.29) is 12.4 Å². The van der Waals surface area contributed by atoms with Crippen LogP contribution in [0.4, 0.5) is 0 Å². The highest BCUT2D eigenvalue weighted by Crippen LogP contribution is 2.26. The number of hydrogen-bond donors (Lipinski definition) is 1. The molecule has 1 aliphatic rings. The summed E-state index contributed by atoms with van der Waals surface area (Å²) in [5.41, 5.74) is 2.19. The number of ether oxygens (including phenoxy) is 1. The first-order valence-corrected chi connectivity index (χ1v) is 10.3. The van der Waals surface area contributed by atoms with E-state index in [9.17, 15) is 0 Å². The van der Waals surface area contributed by atoms with Gasteiger partial charge in [0.25, 0.3) is 0 Å². The van der Waals surface area contributed by atoms with Crippen molar-refractivity contribution in [1.29, 1.82) is 0 Å². The van der Waals surface area contributed by atoms with E-state index >= 15 is 0 Å². The van der Waals surface area contributed by atoms with E-state index in [1.165, 1.54) is 44.1 Å². The lowest BCUT2D eigenvalue weighted by Gasteiger charge is -2.18. The lowest BCUT2D eigenvalue weighted by Crippen LogP contribution is -2.28. The van der Waals surface area contributed by atoms with Crippen LogP contribution < -0.4 is 10.1 Å². The number of hydrogen-bond acceptors (Lipinski definition) is 2. The van der Waals surface area contributed by atoms with Crippen molar-refractivity contribution >= 4 is 39.9 Å². The molecule has 0 spiro atoms. The van der Waals surface area contributed by atoms with Crippen molar-refractivity contribution in [2.75, 3.05) is 0 Å². The molecule has 5 heteroatoms. The van der Waals surface area contributed by atoms with Crippen LogP contribution in [0.2, 0.25) is 5.02 Å². The van der Waals surface area contributed by atoms with E-state index in [0.717, 1.165) is 27.4 Å². The molecule has 0 radical (unpaired) electrons. The molecule has 0 amide bonds. The maximum atomic E-state index is 6.23. The van der Waals surface area contributed by atoms with Gasteiger partial charge in [-0.05, 0) is 37.1 Å². The van der Waals surface area contributed by atoms with Crippen LogP contribution in [0.15, 0.2) is 46.9 Å². The van der Waals surface area contributed by atoms with E-state index in [0.29, 0.717) is 12.6 Å². The Kier molecular flexibility index (Phi) is 9.27. The van der Waals surface area contributed by atoms with Crippen molar-refractivity contribution in [3.8, 4) is 5.75 Å². The third-order valence-electron chi connectivity index (χ3n) is 4.80. The van der Waals surface area contributed by atoms with Crippen LogP contribution in [0.25, 0.3) is 0 Å². The van der Waals surface area contributed by atoms with Crippen LogP contribution >= 0.6 is 39.9 Å². The Hall–Kier alpha value is -0.740. The van der Waals surface area contributed by atoms with Crippen molar-refractivity contribution in [2.45, 2.75) is 57.7 Å². The topological polar surface area (TPSA) is 21.3 Å². The van der Waals surface area contributed by atoms with Gasteiger partial charge in [-0.1, -0.05) is 71.4 Å². The minimum atomic E-state index is 0. The van der Waals surface area contributed by atoms with Crippen molar-refractivity contribution in [3.63, 3.8) is 0 Å². The molecule has 2 aromatic carbocycles. The minimum Gasteiger partial charge on any atom is -0.489 e. The van der Waals surface area contributed by atoms with Gasteiger partial charge in [0.05, 0.1) is 0 Å². The summed E-state index contributed by atoms with van der Waals surface area (Å²) in [5.74, 6) is 0.921. The standard InChI is InChI=1S/C21H25BrClNO.ClH/c22-18-11-12-21(25-15-16-7-5-6-10-20(16)23)17(13-18)14-24-19-8-3-1-2-4-9-19;/h5-7,10-13,19,24H,1-4,8-9,14-15H2;1H. The molecule has 2 nitrogen and oxygen atoms in total. The average Bonchev–Trinajstić information content (AvgIpc) is 2.89. The van der Waals surface area contributed by atoms with Crippen LogP contribution in [0.5, 0.6) is 5.75 Å². The number of rotatable bonds is 6. The average molecular weight is 459 g/mol. The van der Waals surface area contributed by atoms with Gasteiger partial charge in [0.1, 0.15) is 12.4 Å². The van der Waals surface area contributed by atoms with Crippen LogP contribution in [0.3, 0.4) is 0 Å². The third-order valence-corrected chi connectivity index (χ3v) is 5.66. The van der Waals surface area contributed by atoms with Gasteiger partial charge in [-0.3, -0.25) is 0 Å². The van der Waals surface area contributed by atoms with E-state index in [4.69, 9.17) is 16.3 Å². The highest BCUT2D eigenvalue weighted by atomic mass is 79.9. The summed E-state index contributed by atoms with van der Waals surface area (Å²) in [6.45, 7) is 1.32. The molecule has 2 aromatic rings. The summed E-state index contributed by atoms with van der Waals surface area (Å²) in [4.78, 5) is 0. The SMILES string of the molecule is Cl.Clc1ccccc1COc1ccc(Br)cc1CNC1CCCCCC1. The van der Waals surface area contributed by atoms with Crippen LogP contribution in [0.1, 0.15) is 49.7 Å². The minimum absolute atomic E-state index is 0. The molecule has 0 aliphatic heterocycles. The zero-order valence-corrected chi connectivity index (χ0v) is 18.0. The number of halogens is 3. The second kappa shape index (κ2) is 11.2. The monoisotopic (exact) mass is 457 g/mol. The molecular formula is C21H26BrCl2NO. The molecule has 26 heavy (non-hydrogen) atoms. The molecule has 0 heterocycles. The van der Waals surface area contributed by atoms with Crippen LogP contribution in [-0.4, -0.2) is 6.04 Å². The molecule has 1 fully saturated rings. The zero-order chi connectivity index (χ0) is 17.5. The van der Waals surface area contributed by atoms with Gasteiger partial charge in [0.2, 0.25) is 0 Å². The lowest BCUT2D eigenvalue weighted by molar-refractivity contribution is 0.301. The molecule has 0 atom stereocenters. The summed E-state index contributed by atoms with van der Waals surface area (Å²) in [7, 11) is 0. The van der Waals surface area contributed by atoms with Crippen molar-refractivity contribution in [2.24, 2.45) is 0 Å². The molecule has 3 rings (SSSR count). The second-order valence-electron chi connectivity index (χ2n) is 6.70. The Balaban J connectivity index is 0.00000243. The predicted octanol–water partition coefficient (Wildman–Crippen LogP) is 6.92. The molecule has 0 bridgehead atoms. The Morgan fingerprint density at radius 3 is 2.46 bits per heavy atom. The van der Waals surface area contributed by atoms with Gasteiger partial charge in [0.15, 0.2) is 0 Å². The summed E-state index contributed by atoms with van der Waals surface area (Å²) < 4.78 is 7.16. The van der Waals surface area contributed by atoms with E-state index in [1.54, 1.807) is 0 Å². The molecule has 1 saturated carbocycles. The van der Waals surface area contributed by atoms with Gasteiger partial charge in [-0.25, -0.2) is 0 Å². The van der Waals surface area contributed by atoms with Gasteiger partial charge in [-0.15, -0.1) is 12.4 Å². The largest absolute Gasteiger partial charge is 0.489 e. The molecule has 0 unspecified atom stereocenters. The fourth-order valence-corrected chi connectivity index (χ4v) is 3.93. The zero-order valence-electron chi connectivity index (χ0n) is 14.8.